The highest BCUT2D eigenvalue weighted by Gasteiger charge is 2.11. The standard InChI is InChI=1S/C10H15ClN2O2/c11-7-9-8-15-10(12-9)14-6-5-13-3-1-2-4-13/h8H,1-7H2. The summed E-state index contributed by atoms with van der Waals surface area (Å²) in [5.74, 6) is 0.360. The predicted molar refractivity (Wildman–Crippen MR) is 57.2 cm³/mol. The Morgan fingerprint density at radius 1 is 1.47 bits per heavy atom. The molecule has 2 heterocycles. The molecule has 0 aromatic carbocycles. The van der Waals surface area contributed by atoms with E-state index in [1.165, 1.54) is 32.2 Å². The molecule has 1 aliphatic heterocycles. The van der Waals surface area contributed by atoms with E-state index < -0.39 is 0 Å². The van der Waals surface area contributed by atoms with Gasteiger partial charge in [0.15, 0.2) is 0 Å². The fourth-order valence-corrected chi connectivity index (χ4v) is 1.81. The van der Waals surface area contributed by atoms with Crippen LogP contribution in [0.15, 0.2) is 10.7 Å². The van der Waals surface area contributed by atoms with E-state index in [9.17, 15) is 0 Å². The van der Waals surface area contributed by atoms with Gasteiger partial charge in [-0.2, -0.15) is 4.98 Å². The Bertz CT molecular complexity index is 297. The normalized spacial score (nSPS) is 17.1. The van der Waals surface area contributed by atoms with Gasteiger partial charge in [0.05, 0.1) is 11.6 Å². The topological polar surface area (TPSA) is 38.5 Å². The van der Waals surface area contributed by atoms with E-state index in [1.54, 1.807) is 0 Å². The number of ether oxygens (including phenoxy) is 1. The molecule has 5 heteroatoms. The van der Waals surface area contributed by atoms with E-state index in [2.05, 4.69) is 9.88 Å². The highest BCUT2D eigenvalue weighted by atomic mass is 35.5. The Labute approximate surface area is 94.2 Å². The van der Waals surface area contributed by atoms with Crippen molar-refractivity contribution in [2.75, 3.05) is 26.2 Å². The molecule has 0 unspecified atom stereocenters. The molecule has 84 valence electrons. The number of alkyl halides is 1. The third-order valence-corrected chi connectivity index (χ3v) is 2.77. The van der Waals surface area contributed by atoms with Crippen molar-refractivity contribution in [1.82, 2.24) is 9.88 Å². The second-order valence-electron chi connectivity index (χ2n) is 3.64. The Balaban J connectivity index is 1.68. The van der Waals surface area contributed by atoms with Crippen molar-refractivity contribution in [2.24, 2.45) is 0 Å². The fourth-order valence-electron chi connectivity index (χ4n) is 1.68. The van der Waals surface area contributed by atoms with E-state index in [-0.39, 0.29) is 0 Å². The van der Waals surface area contributed by atoms with Crippen molar-refractivity contribution in [1.29, 1.82) is 0 Å². The van der Waals surface area contributed by atoms with Crippen LogP contribution in [0.2, 0.25) is 0 Å². The van der Waals surface area contributed by atoms with Crippen molar-refractivity contribution in [2.45, 2.75) is 18.7 Å². The van der Waals surface area contributed by atoms with Crippen molar-refractivity contribution in [3.05, 3.63) is 12.0 Å². The van der Waals surface area contributed by atoms with Crippen LogP contribution in [0.25, 0.3) is 0 Å². The summed E-state index contributed by atoms with van der Waals surface area (Å²) in [6.45, 7) is 3.94. The van der Waals surface area contributed by atoms with Gasteiger partial charge in [0, 0.05) is 6.54 Å². The number of hydrogen-bond donors (Lipinski definition) is 0. The molecule has 0 atom stereocenters. The Morgan fingerprint density at radius 3 is 2.93 bits per heavy atom. The average molecular weight is 231 g/mol. The minimum atomic E-state index is 0.324. The Kier molecular flexibility index (Phi) is 3.86. The zero-order valence-corrected chi connectivity index (χ0v) is 9.37. The second-order valence-corrected chi connectivity index (χ2v) is 3.90. The van der Waals surface area contributed by atoms with Crippen molar-refractivity contribution in [3.63, 3.8) is 0 Å². The van der Waals surface area contributed by atoms with Crippen molar-refractivity contribution >= 4 is 11.6 Å². The van der Waals surface area contributed by atoms with Gasteiger partial charge < -0.3 is 9.15 Å². The molecule has 1 aromatic heterocycles. The molecule has 2 rings (SSSR count). The summed E-state index contributed by atoms with van der Waals surface area (Å²) in [5.41, 5.74) is 0.716. The first kappa shape index (κ1) is 10.8. The molecule has 1 saturated heterocycles. The summed E-state index contributed by atoms with van der Waals surface area (Å²) in [4.78, 5) is 6.43. The van der Waals surface area contributed by atoms with E-state index in [4.69, 9.17) is 20.8 Å². The van der Waals surface area contributed by atoms with Crippen LogP contribution in [0.5, 0.6) is 6.08 Å². The lowest BCUT2D eigenvalue weighted by atomic mass is 10.4. The molecule has 1 aromatic rings. The SMILES string of the molecule is ClCc1coc(OCCN2CCCC2)n1. The lowest BCUT2D eigenvalue weighted by molar-refractivity contribution is 0.191. The monoisotopic (exact) mass is 230 g/mol. The van der Waals surface area contributed by atoms with Crippen LogP contribution in [0.3, 0.4) is 0 Å². The van der Waals surface area contributed by atoms with Gasteiger partial charge in [0.1, 0.15) is 12.9 Å². The van der Waals surface area contributed by atoms with Gasteiger partial charge in [-0.25, -0.2) is 0 Å². The summed E-state index contributed by atoms with van der Waals surface area (Å²) in [5, 5.41) is 0. The molecule has 0 spiro atoms. The molecule has 0 N–H and O–H groups in total. The quantitative estimate of drug-likeness (QED) is 0.725. The number of halogens is 1. The van der Waals surface area contributed by atoms with Gasteiger partial charge in [-0.3, -0.25) is 4.90 Å². The maximum absolute atomic E-state index is 5.59. The summed E-state index contributed by atoms with van der Waals surface area (Å²) in [6, 6.07) is 0. The lowest BCUT2D eigenvalue weighted by Gasteiger charge is -2.13. The largest absolute Gasteiger partial charge is 0.449 e. The number of hydrogen-bond acceptors (Lipinski definition) is 4. The third kappa shape index (κ3) is 3.11. The number of rotatable bonds is 5. The third-order valence-electron chi connectivity index (χ3n) is 2.50. The zero-order chi connectivity index (χ0) is 10.5. The zero-order valence-electron chi connectivity index (χ0n) is 8.62. The first-order chi connectivity index (χ1) is 7.38. The van der Waals surface area contributed by atoms with E-state index in [1.807, 2.05) is 0 Å². The molecule has 15 heavy (non-hydrogen) atoms. The second kappa shape index (κ2) is 5.37. The highest BCUT2D eigenvalue weighted by Crippen LogP contribution is 2.12. The molecule has 4 nitrogen and oxygen atoms in total. The van der Waals surface area contributed by atoms with Gasteiger partial charge in [0.2, 0.25) is 0 Å². The van der Waals surface area contributed by atoms with Crippen LogP contribution in [0, 0.1) is 0 Å². The van der Waals surface area contributed by atoms with Crippen LogP contribution < -0.4 is 4.74 Å². The van der Waals surface area contributed by atoms with E-state index in [0.29, 0.717) is 24.3 Å². The maximum atomic E-state index is 5.59. The number of likely N-dealkylation sites (tertiary alicyclic amines) is 1. The van der Waals surface area contributed by atoms with Crippen LogP contribution in [-0.2, 0) is 5.88 Å². The van der Waals surface area contributed by atoms with Gasteiger partial charge >= 0.3 is 6.08 Å². The van der Waals surface area contributed by atoms with Crippen molar-refractivity contribution < 1.29 is 9.15 Å². The van der Waals surface area contributed by atoms with Crippen LogP contribution in [0.1, 0.15) is 18.5 Å². The van der Waals surface area contributed by atoms with Gasteiger partial charge in [-0.05, 0) is 25.9 Å². The molecule has 0 aliphatic carbocycles. The Hall–Kier alpha value is -0.740. The smallest absolute Gasteiger partial charge is 0.393 e. The van der Waals surface area contributed by atoms with Crippen LogP contribution in [0.4, 0.5) is 0 Å². The van der Waals surface area contributed by atoms with Crippen molar-refractivity contribution in [3.8, 4) is 6.08 Å². The van der Waals surface area contributed by atoms with Gasteiger partial charge in [0.25, 0.3) is 0 Å². The number of aromatic nitrogens is 1. The molecule has 0 radical (unpaired) electrons. The predicted octanol–water partition coefficient (Wildman–Crippen LogP) is 1.89. The lowest BCUT2D eigenvalue weighted by Crippen LogP contribution is -2.25. The summed E-state index contributed by atoms with van der Waals surface area (Å²) in [7, 11) is 0. The van der Waals surface area contributed by atoms with E-state index >= 15 is 0 Å². The first-order valence-electron chi connectivity index (χ1n) is 5.24. The molecular weight excluding hydrogens is 216 g/mol. The summed E-state index contributed by atoms with van der Waals surface area (Å²) < 4.78 is 10.5. The van der Waals surface area contributed by atoms with Gasteiger partial charge in [-0.1, -0.05) is 0 Å². The molecule has 1 aliphatic rings. The Morgan fingerprint density at radius 2 is 2.27 bits per heavy atom. The molecule has 1 fully saturated rings. The molecule has 0 saturated carbocycles. The summed E-state index contributed by atoms with van der Waals surface area (Å²) >= 11 is 5.59. The minimum Gasteiger partial charge on any atom is -0.449 e. The molecular formula is C10H15ClN2O2. The van der Waals surface area contributed by atoms with Crippen LogP contribution in [-0.4, -0.2) is 36.1 Å². The molecule has 0 bridgehead atoms. The average Bonchev–Trinajstić information content (AvgIpc) is 2.88. The minimum absolute atomic E-state index is 0.324. The van der Waals surface area contributed by atoms with Gasteiger partial charge in [-0.15, -0.1) is 11.6 Å². The maximum Gasteiger partial charge on any atom is 0.393 e. The number of oxazole rings is 1. The highest BCUT2D eigenvalue weighted by molar-refractivity contribution is 6.16. The van der Waals surface area contributed by atoms with E-state index in [0.717, 1.165) is 6.54 Å². The number of nitrogens with zero attached hydrogens (tertiary/aromatic N) is 2. The first-order valence-corrected chi connectivity index (χ1v) is 5.77. The molecule has 0 amide bonds. The van der Waals surface area contributed by atoms with Crippen LogP contribution >= 0.6 is 11.6 Å². The summed E-state index contributed by atoms with van der Waals surface area (Å²) in [6.07, 6.45) is 4.45. The fraction of sp³-hybridized carbons (Fsp3) is 0.700.